The Morgan fingerprint density at radius 2 is 0.572 bits per heavy atom. The molecule has 4 aromatic heterocycles. The van der Waals surface area contributed by atoms with Gasteiger partial charge >= 0.3 is 0 Å². The zero-order valence-corrected chi connectivity index (χ0v) is 83.5. The first-order valence-corrected chi connectivity index (χ1v) is 46.7. The van der Waals surface area contributed by atoms with Gasteiger partial charge in [0.05, 0.1) is 80.0 Å². The van der Waals surface area contributed by atoms with Gasteiger partial charge in [-0.25, -0.2) is 19.9 Å². The number of nitrogens with one attached hydrogen (secondary N) is 12. The molecule has 138 heavy (non-hydrogen) atoms. The van der Waals surface area contributed by atoms with Gasteiger partial charge in [-0.3, -0.25) is 65.0 Å². The number of benzene rings is 8. The maximum atomic E-state index is 13.1. The molecule has 0 bridgehead atoms. The third-order valence-electron chi connectivity index (χ3n) is 21.1. The molecule has 3 aliphatic rings. The van der Waals surface area contributed by atoms with Gasteiger partial charge in [0.2, 0.25) is 0 Å². The molecular weight excluding hydrogens is 2110 g/mol. The van der Waals surface area contributed by atoms with Crippen molar-refractivity contribution in [3.8, 4) is 23.0 Å². The van der Waals surface area contributed by atoms with Crippen molar-refractivity contribution >= 4 is 232 Å². The van der Waals surface area contributed by atoms with Crippen LogP contribution in [-0.4, -0.2) is 186 Å². The van der Waals surface area contributed by atoms with Gasteiger partial charge < -0.3 is 81.9 Å². The van der Waals surface area contributed by atoms with Crippen LogP contribution in [0.5, 0.6) is 23.0 Å². The minimum Gasteiger partial charge on any atom is -0.494 e. The fraction of sp³-hybridized carbons (Fsp3) is 0.165. The number of likely N-dealkylation sites (N-methyl/N-ethyl adjacent to an activating group) is 1. The van der Waals surface area contributed by atoms with Crippen LogP contribution in [0, 0.1) is 21.6 Å². The van der Waals surface area contributed by atoms with Gasteiger partial charge in [0.1, 0.15) is 75.3 Å². The lowest BCUT2D eigenvalue weighted by molar-refractivity contribution is 0.101. The second kappa shape index (κ2) is 48.6. The number of hydrogen-bond acceptors (Lipinski definition) is 22. The van der Waals surface area contributed by atoms with Gasteiger partial charge in [0.25, 0.3) is 47.3 Å². The van der Waals surface area contributed by atoms with Gasteiger partial charge in [-0.15, -0.1) is 0 Å². The molecule has 0 radical (unpaired) electrons. The first-order valence-electron chi connectivity index (χ1n) is 42.0. The quantitative estimate of drug-likeness (QED) is 0.0187. The van der Waals surface area contributed by atoms with Crippen LogP contribution >= 0.6 is 110 Å². The highest BCUT2D eigenvalue weighted by molar-refractivity contribution is 9.11. The molecule has 7 heterocycles. The Kier molecular flexibility index (Phi) is 36.2. The Morgan fingerprint density at radius 1 is 0.326 bits per heavy atom. The average Bonchev–Trinajstić information content (AvgIpc) is 1.24. The minimum absolute atomic E-state index is 0.0998. The number of amidine groups is 4. The van der Waals surface area contributed by atoms with Crippen molar-refractivity contribution < 1.29 is 57.3 Å². The first-order chi connectivity index (χ1) is 66.2. The summed E-state index contributed by atoms with van der Waals surface area (Å²) in [6.07, 6.45) is 11.7. The Bertz CT molecular complexity index is 6630. The molecule has 2 saturated heterocycles. The van der Waals surface area contributed by atoms with Crippen molar-refractivity contribution in [2.24, 2.45) is 10.7 Å². The van der Waals surface area contributed by atoms with Crippen LogP contribution in [0.4, 0.5) is 46.0 Å². The number of aromatic nitrogens is 4. The monoisotopic (exact) mass is 2190 g/mol. The molecule has 708 valence electrons. The molecule has 0 saturated carbocycles. The molecule has 41 heteroatoms. The van der Waals surface area contributed by atoms with E-state index in [9.17, 15) is 38.4 Å². The van der Waals surface area contributed by atoms with E-state index in [1.165, 1.54) is 95.5 Å². The van der Waals surface area contributed by atoms with E-state index < -0.39 is 47.3 Å². The third kappa shape index (κ3) is 27.4. The number of carbonyl (C=O) groups excluding carboxylic acids is 8. The van der Waals surface area contributed by atoms with Crippen molar-refractivity contribution in [2.75, 3.05) is 117 Å². The Hall–Kier alpha value is -14.1. The van der Waals surface area contributed by atoms with Crippen LogP contribution in [0.3, 0.4) is 0 Å². The van der Waals surface area contributed by atoms with Crippen LogP contribution in [0.15, 0.2) is 242 Å². The molecule has 14 N–H and O–H groups in total. The molecule has 15 rings (SSSR count). The number of likely N-dealkylation sites (tertiary alicyclic amines) is 2. The number of amides is 8. The highest BCUT2D eigenvalue weighted by Gasteiger charge is 2.29. The summed E-state index contributed by atoms with van der Waals surface area (Å²) in [4.78, 5) is 131. The summed E-state index contributed by atoms with van der Waals surface area (Å²) in [5.41, 5.74) is 10.9. The minimum atomic E-state index is -0.530. The number of methoxy groups -OCH3 is 4. The number of nitrogens with two attached hydrogens (primary N) is 1. The molecule has 2 fully saturated rings. The normalized spacial score (nSPS) is 12.3. The van der Waals surface area contributed by atoms with Gasteiger partial charge in [-0.1, -0.05) is 94.9 Å². The summed E-state index contributed by atoms with van der Waals surface area (Å²) in [5, 5.41) is 55.6. The predicted molar refractivity (Wildman–Crippen MR) is 552 cm³/mol. The summed E-state index contributed by atoms with van der Waals surface area (Å²) in [6.45, 7) is 4.92. The second-order valence-corrected chi connectivity index (χ2v) is 35.8. The Balaban J connectivity index is 0.000000165. The highest BCUT2D eigenvalue weighted by Crippen LogP contribution is 2.39. The van der Waals surface area contributed by atoms with Crippen LogP contribution in [-0.2, 0) is 0 Å². The van der Waals surface area contributed by atoms with Crippen LogP contribution in [0.25, 0.3) is 0 Å². The average molecular weight is 2200 g/mol. The molecule has 33 nitrogen and oxygen atoms in total. The van der Waals surface area contributed by atoms with Crippen LogP contribution < -0.4 is 67.2 Å². The van der Waals surface area contributed by atoms with E-state index in [0.29, 0.717) is 86.4 Å². The van der Waals surface area contributed by atoms with E-state index in [1.54, 1.807) is 158 Å². The van der Waals surface area contributed by atoms with E-state index in [2.05, 4.69) is 136 Å². The first kappa shape index (κ1) is 103. The molecular formula is C97H87Br4Cl4N21O12. The molecule has 8 amide bonds. The van der Waals surface area contributed by atoms with Crippen molar-refractivity contribution in [2.45, 2.75) is 32.1 Å². The van der Waals surface area contributed by atoms with Crippen molar-refractivity contribution in [3.63, 3.8) is 0 Å². The Labute approximate surface area is 846 Å². The van der Waals surface area contributed by atoms with Gasteiger partial charge in [0.15, 0.2) is 0 Å². The highest BCUT2D eigenvalue weighted by atomic mass is 79.9. The number of nitrogen functional groups attached to an aromatic ring is 1. The molecule has 8 aromatic carbocycles. The summed E-state index contributed by atoms with van der Waals surface area (Å²) in [7, 11) is 7.57. The number of anilines is 8. The smallest absolute Gasteiger partial charge is 0.259 e. The number of halogens is 8. The van der Waals surface area contributed by atoms with Gasteiger partial charge in [-0.2, -0.15) is 0 Å². The molecule has 0 unspecified atom stereocenters. The molecule has 3 aliphatic heterocycles. The van der Waals surface area contributed by atoms with Crippen molar-refractivity contribution in [1.29, 1.82) is 21.6 Å². The summed E-state index contributed by atoms with van der Waals surface area (Å²) in [6, 6.07) is 51.8. The number of pyridine rings is 4. The zero-order valence-electron chi connectivity index (χ0n) is 74.1. The van der Waals surface area contributed by atoms with Crippen LogP contribution in [0.2, 0.25) is 20.1 Å². The summed E-state index contributed by atoms with van der Waals surface area (Å²) < 4.78 is 24.6. The maximum Gasteiger partial charge on any atom is 0.259 e. The number of hydrogen-bond donors (Lipinski definition) is 13. The second-order valence-electron chi connectivity index (χ2n) is 30.4. The number of carbonyl (C=O) groups is 8. The molecule has 0 atom stereocenters. The van der Waals surface area contributed by atoms with Crippen LogP contribution in [0.1, 0.15) is 137 Å². The number of nitrogens with zero attached hydrogens (tertiary/aromatic N) is 8. The van der Waals surface area contributed by atoms with E-state index in [4.69, 9.17) is 92.7 Å². The number of rotatable bonds is 25. The number of piperidine rings is 1. The third-order valence-corrected chi connectivity index (χ3v) is 23.8. The topological polar surface area (TPSA) is 465 Å². The number of ether oxygens (including phenoxy) is 4. The van der Waals surface area contributed by atoms with E-state index in [-0.39, 0.29) is 93.9 Å². The lowest BCUT2D eigenvalue weighted by Gasteiger charge is -2.29. The zero-order chi connectivity index (χ0) is 99.0. The molecule has 0 spiro atoms. The Morgan fingerprint density at radius 3 is 0.804 bits per heavy atom. The molecule has 12 aromatic rings. The SMILES string of the molecule is COc1cc(Cl)cc(C(=O)Nc2ccc(Br)cn2)c1NC(=O)c1ccc(C(=N)C2=NCCN2C)cc1.COc1cc(Cl)cc(C(=O)Nc2ccc(Br)cn2)c1NC(=O)c1ccc(C(=N)N)cc1.COc1cc(Cl)cc(C(=O)Nc2ccc(Br)cn2)c1NC(=O)c1ccc(C(=N)N2CCCC2)cc1.COc1cc(Cl)cc(C(=O)Nc2ccc(Br)cn2)c1NC(=O)c1ccc(C(=N)N2CCCCC2)cc1. The lowest BCUT2D eigenvalue weighted by Crippen LogP contribution is -2.35. The summed E-state index contributed by atoms with van der Waals surface area (Å²) in [5.74, 6) is -0.177. The molecule has 0 aliphatic carbocycles. The lowest BCUT2D eigenvalue weighted by atomic mass is 10.1. The fourth-order valence-electron chi connectivity index (χ4n) is 14.0. The van der Waals surface area contributed by atoms with E-state index in [0.717, 1.165) is 87.4 Å². The fourth-order valence-corrected chi connectivity index (χ4v) is 15.8. The van der Waals surface area contributed by atoms with Crippen molar-refractivity contribution in [1.82, 2.24) is 34.6 Å². The maximum absolute atomic E-state index is 13.1. The van der Waals surface area contributed by atoms with Crippen molar-refractivity contribution in [3.05, 3.63) is 324 Å². The van der Waals surface area contributed by atoms with Gasteiger partial charge in [-0.05, 0) is 217 Å². The standard InChI is InChI=1S/C26H25BrClN5O3.C25H22BrClN6O3.C25H23BrClN5O3.C21H17BrClN5O3/c1-36-21-14-19(28)13-20(26(35)31-22-10-9-18(27)15-30-22)23(21)32-25(34)17-7-5-16(6-8-17)24(29)33-11-3-2-4-12-33;1-33-10-9-29-23(33)21(28)14-3-5-15(6-4-14)24(34)32-22-18(11-17(27)12-19(22)36-2)25(35)31-20-8-7-16(26)13-30-20;1-35-20-13-18(27)12-19(25(34)30-21-9-8-17(26)14-29-21)22(20)31-24(33)16-6-4-15(5-7-16)23(28)32-10-2-3-11-32;1-31-16-9-14(23)8-15(21(30)27-17-7-6-13(22)10-26-17)18(16)28-20(29)12-4-2-11(3-5-12)19(24)25/h5-10,13-15,29H,2-4,11-12H2,1H3,(H,32,34)(H,30,31,35);3-8,11-13,28H,9-10H2,1-2H3,(H,32,34)(H,30,31,35);4-9,12-14,28H,2-3,10-11H2,1H3,(H,31,33)(H,29,30,34);2-10H,1H3,(H3,24,25)(H,28,29)(H,26,27,30). The summed E-state index contributed by atoms with van der Waals surface area (Å²) >= 11 is 38.0. The van der Waals surface area contributed by atoms with E-state index in [1.807, 2.05) is 16.8 Å². The number of aliphatic imine (C=N–C) groups is 1. The predicted octanol–water partition coefficient (Wildman–Crippen LogP) is 20.3. The largest absolute Gasteiger partial charge is 0.494 e. The van der Waals surface area contributed by atoms with Gasteiger partial charge in [0, 0.05) is 171 Å². The van der Waals surface area contributed by atoms with E-state index >= 15 is 0 Å².